The third-order valence-corrected chi connectivity index (χ3v) is 5.09. The van der Waals surface area contributed by atoms with Crippen LogP contribution < -0.4 is 0 Å². The standard InChI is InChI=1S/C20H18N2.C3H8/c1-3-9-17-13(6-1)16(12-21-17)14-8-5-11-19-20(14)15-7-2-4-10-18(15)22-19;1-3-2/h1-4,6-7,9-10,12,14,21-22H,5,8,11H2;3H2,1-2H3. The van der Waals surface area contributed by atoms with Crippen LogP contribution >= 0.6 is 0 Å². The molecule has 2 heteroatoms. The van der Waals surface area contributed by atoms with Gasteiger partial charge in [0.1, 0.15) is 0 Å². The van der Waals surface area contributed by atoms with Gasteiger partial charge in [0.05, 0.1) is 0 Å². The summed E-state index contributed by atoms with van der Waals surface area (Å²) in [7, 11) is 0. The highest BCUT2D eigenvalue weighted by molar-refractivity contribution is 5.89. The van der Waals surface area contributed by atoms with Crippen molar-refractivity contribution in [3.05, 3.63) is 71.5 Å². The zero-order valence-electron chi connectivity index (χ0n) is 15.1. The van der Waals surface area contributed by atoms with Crippen LogP contribution in [0.1, 0.15) is 55.8 Å². The van der Waals surface area contributed by atoms with Crippen LogP contribution in [0.4, 0.5) is 0 Å². The van der Waals surface area contributed by atoms with Crippen molar-refractivity contribution in [1.29, 1.82) is 0 Å². The Hall–Kier alpha value is -2.48. The van der Waals surface area contributed by atoms with Gasteiger partial charge in [0.2, 0.25) is 0 Å². The quantitative estimate of drug-likeness (QED) is 0.397. The van der Waals surface area contributed by atoms with Crippen LogP contribution in [0.15, 0.2) is 54.7 Å². The minimum Gasteiger partial charge on any atom is -0.361 e. The van der Waals surface area contributed by atoms with Crippen LogP contribution in [0.5, 0.6) is 0 Å². The maximum Gasteiger partial charge on any atom is 0.0459 e. The van der Waals surface area contributed by atoms with E-state index in [1.54, 1.807) is 0 Å². The SMILES string of the molecule is CCC.c1ccc2c(C3CCCc4[nH]c5ccccc5c43)c[nH]c2c1. The van der Waals surface area contributed by atoms with E-state index in [0.717, 1.165) is 0 Å². The maximum atomic E-state index is 3.65. The summed E-state index contributed by atoms with van der Waals surface area (Å²) < 4.78 is 0. The van der Waals surface area contributed by atoms with Gasteiger partial charge in [-0.15, -0.1) is 0 Å². The number of hydrogen-bond acceptors (Lipinski definition) is 0. The summed E-state index contributed by atoms with van der Waals surface area (Å²) in [5, 5.41) is 2.76. The van der Waals surface area contributed by atoms with Crippen molar-refractivity contribution < 1.29 is 0 Å². The third-order valence-electron chi connectivity index (χ3n) is 5.09. The molecule has 4 aromatic rings. The first-order valence-electron chi connectivity index (χ1n) is 9.49. The Morgan fingerprint density at radius 3 is 2.40 bits per heavy atom. The van der Waals surface area contributed by atoms with E-state index in [9.17, 15) is 0 Å². The first-order chi connectivity index (χ1) is 12.3. The molecular formula is C23H26N2. The number of aromatic nitrogens is 2. The molecule has 128 valence electrons. The third kappa shape index (κ3) is 2.76. The molecule has 2 nitrogen and oxygen atoms in total. The zero-order chi connectivity index (χ0) is 17.2. The molecule has 5 rings (SSSR count). The highest BCUT2D eigenvalue weighted by Gasteiger charge is 2.27. The molecule has 2 aromatic carbocycles. The molecule has 1 unspecified atom stereocenters. The van der Waals surface area contributed by atoms with Crippen molar-refractivity contribution in [3.8, 4) is 0 Å². The summed E-state index contributed by atoms with van der Waals surface area (Å²) >= 11 is 0. The smallest absolute Gasteiger partial charge is 0.0459 e. The van der Waals surface area contributed by atoms with E-state index >= 15 is 0 Å². The van der Waals surface area contributed by atoms with Crippen molar-refractivity contribution in [1.82, 2.24) is 9.97 Å². The Morgan fingerprint density at radius 1 is 0.920 bits per heavy atom. The first-order valence-corrected chi connectivity index (χ1v) is 9.49. The van der Waals surface area contributed by atoms with Crippen molar-refractivity contribution in [2.75, 3.05) is 0 Å². The van der Waals surface area contributed by atoms with Crippen molar-refractivity contribution >= 4 is 21.8 Å². The van der Waals surface area contributed by atoms with Gasteiger partial charge in [0, 0.05) is 39.6 Å². The molecule has 0 radical (unpaired) electrons. The number of benzene rings is 2. The van der Waals surface area contributed by atoms with Gasteiger partial charge in [0.25, 0.3) is 0 Å². The van der Waals surface area contributed by atoms with Gasteiger partial charge >= 0.3 is 0 Å². The number of fused-ring (bicyclic) bond motifs is 4. The maximum absolute atomic E-state index is 3.65. The molecule has 1 aliphatic carbocycles. The van der Waals surface area contributed by atoms with Crippen molar-refractivity contribution in [2.24, 2.45) is 0 Å². The Bertz CT molecular complexity index is 990. The average Bonchev–Trinajstić information content (AvgIpc) is 3.23. The highest BCUT2D eigenvalue weighted by Crippen LogP contribution is 2.42. The van der Waals surface area contributed by atoms with Crippen LogP contribution in [-0.4, -0.2) is 9.97 Å². The summed E-state index contributed by atoms with van der Waals surface area (Å²) in [5.41, 5.74) is 6.92. The van der Waals surface area contributed by atoms with Gasteiger partial charge in [-0.1, -0.05) is 56.7 Å². The predicted octanol–water partition coefficient (Wildman–Crippen LogP) is 6.53. The second kappa shape index (κ2) is 6.79. The number of rotatable bonds is 1. The number of H-pyrrole nitrogens is 2. The molecule has 2 heterocycles. The fourth-order valence-electron chi connectivity index (χ4n) is 4.14. The van der Waals surface area contributed by atoms with Crippen molar-refractivity contribution in [2.45, 2.75) is 45.4 Å². The summed E-state index contributed by atoms with van der Waals surface area (Å²) in [6.07, 6.45) is 7.12. The van der Waals surface area contributed by atoms with Gasteiger partial charge in [-0.25, -0.2) is 0 Å². The second-order valence-corrected chi connectivity index (χ2v) is 7.00. The van der Waals surface area contributed by atoms with Gasteiger partial charge in [-0.3, -0.25) is 0 Å². The van der Waals surface area contributed by atoms with E-state index in [0.29, 0.717) is 5.92 Å². The number of aromatic amines is 2. The predicted molar refractivity (Wildman–Crippen MR) is 107 cm³/mol. The molecule has 2 aromatic heterocycles. The van der Waals surface area contributed by atoms with Crippen molar-refractivity contribution in [3.63, 3.8) is 0 Å². The lowest BCUT2D eigenvalue weighted by molar-refractivity contribution is 0.616. The molecule has 0 bridgehead atoms. The highest BCUT2D eigenvalue weighted by atomic mass is 14.7. The lowest BCUT2D eigenvalue weighted by atomic mass is 9.80. The fourth-order valence-corrected chi connectivity index (χ4v) is 4.14. The largest absolute Gasteiger partial charge is 0.361 e. The zero-order valence-corrected chi connectivity index (χ0v) is 15.1. The summed E-state index contributed by atoms with van der Waals surface area (Å²) in [6, 6.07) is 17.4. The lowest BCUT2D eigenvalue weighted by Gasteiger charge is -2.23. The van der Waals surface area contributed by atoms with Gasteiger partial charge in [-0.2, -0.15) is 0 Å². The molecule has 1 atom stereocenters. The minimum absolute atomic E-state index is 0.496. The molecule has 25 heavy (non-hydrogen) atoms. The Kier molecular flexibility index (Phi) is 4.35. The normalized spacial score (nSPS) is 16.5. The van der Waals surface area contributed by atoms with E-state index in [1.807, 2.05) is 0 Å². The van der Waals surface area contributed by atoms with Crippen LogP contribution in [0, 0.1) is 0 Å². The molecule has 0 saturated carbocycles. The van der Waals surface area contributed by atoms with E-state index in [4.69, 9.17) is 0 Å². The molecule has 0 fully saturated rings. The van der Waals surface area contributed by atoms with Crippen LogP contribution in [0.25, 0.3) is 21.8 Å². The number of para-hydroxylation sites is 2. The number of nitrogens with one attached hydrogen (secondary N) is 2. The Balaban J connectivity index is 0.000000490. The van der Waals surface area contributed by atoms with Crippen LogP contribution in [0.2, 0.25) is 0 Å². The molecule has 1 aliphatic rings. The van der Waals surface area contributed by atoms with Gasteiger partial charge in [-0.05, 0) is 42.5 Å². The van der Waals surface area contributed by atoms with Gasteiger partial charge in [0.15, 0.2) is 0 Å². The van der Waals surface area contributed by atoms with E-state index < -0.39 is 0 Å². The van der Waals surface area contributed by atoms with Crippen LogP contribution in [-0.2, 0) is 6.42 Å². The fraction of sp³-hybridized carbons (Fsp3) is 0.304. The van der Waals surface area contributed by atoms with E-state index in [1.165, 1.54) is 64.3 Å². The molecule has 0 saturated heterocycles. The molecule has 0 spiro atoms. The molecule has 0 aliphatic heterocycles. The monoisotopic (exact) mass is 330 g/mol. The topological polar surface area (TPSA) is 31.6 Å². The van der Waals surface area contributed by atoms with E-state index in [-0.39, 0.29) is 0 Å². The minimum atomic E-state index is 0.496. The summed E-state index contributed by atoms with van der Waals surface area (Å²) in [4.78, 5) is 7.09. The second-order valence-electron chi connectivity index (χ2n) is 7.00. The Morgan fingerprint density at radius 2 is 1.60 bits per heavy atom. The first kappa shape index (κ1) is 16.0. The Labute approximate surface area is 149 Å². The average molecular weight is 330 g/mol. The van der Waals surface area contributed by atoms with Crippen LogP contribution in [0.3, 0.4) is 0 Å². The molecule has 0 amide bonds. The number of hydrogen-bond donors (Lipinski definition) is 2. The van der Waals surface area contributed by atoms with Gasteiger partial charge < -0.3 is 9.97 Å². The lowest BCUT2D eigenvalue weighted by Crippen LogP contribution is -2.09. The molecular weight excluding hydrogens is 304 g/mol. The summed E-state index contributed by atoms with van der Waals surface area (Å²) in [6.45, 7) is 4.25. The molecule has 2 N–H and O–H groups in total. The van der Waals surface area contributed by atoms with E-state index in [2.05, 4.69) is 78.5 Å². The summed E-state index contributed by atoms with van der Waals surface area (Å²) in [5.74, 6) is 0.496. The number of aryl methyl sites for hydroxylation is 1.